The predicted octanol–water partition coefficient (Wildman–Crippen LogP) is 0.849. The third kappa shape index (κ3) is 2.13. The maximum atomic E-state index is 12.2. The van der Waals surface area contributed by atoms with Crippen molar-refractivity contribution >= 4 is 23.7 Å². The van der Waals surface area contributed by atoms with Gasteiger partial charge in [0.25, 0.3) is 5.91 Å². The van der Waals surface area contributed by atoms with E-state index in [0.717, 1.165) is 29.8 Å². The van der Waals surface area contributed by atoms with Gasteiger partial charge < -0.3 is 15.5 Å². The molecule has 2 fully saturated rings. The first-order valence-corrected chi connectivity index (χ1v) is 8.50. The Bertz CT molecular complexity index is 960. The maximum absolute atomic E-state index is 12.2. The van der Waals surface area contributed by atoms with E-state index < -0.39 is 5.66 Å². The molecule has 1 saturated heterocycles. The summed E-state index contributed by atoms with van der Waals surface area (Å²) in [5, 5.41) is 8.84. The second-order valence-electron chi connectivity index (χ2n) is 7.08. The monoisotopic (exact) mass is 351 g/mol. The van der Waals surface area contributed by atoms with Gasteiger partial charge in [0.1, 0.15) is 17.7 Å². The van der Waals surface area contributed by atoms with Crippen molar-refractivity contribution in [2.75, 3.05) is 10.6 Å². The molecule has 4 aliphatic rings. The number of carbonyl (C=O) groups excluding carboxylic acids is 2. The van der Waals surface area contributed by atoms with Gasteiger partial charge in [0, 0.05) is 5.92 Å². The topological polar surface area (TPSA) is 112 Å². The first-order valence-electron chi connectivity index (χ1n) is 8.50. The smallest absolute Gasteiger partial charge is 0.270 e. The number of amides is 2. The summed E-state index contributed by atoms with van der Waals surface area (Å²) in [6.07, 6.45) is 7.07. The molecule has 0 aromatic carbocycles. The van der Waals surface area contributed by atoms with Crippen LogP contribution in [0.3, 0.4) is 0 Å². The van der Waals surface area contributed by atoms with E-state index in [9.17, 15) is 9.59 Å². The van der Waals surface area contributed by atoms with Crippen LogP contribution in [0.15, 0.2) is 41.1 Å². The Labute approximate surface area is 149 Å². The van der Waals surface area contributed by atoms with Gasteiger partial charge >= 0.3 is 0 Å². The van der Waals surface area contributed by atoms with Gasteiger partial charge in [-0.15, -0.1) is 0 Å². The molecule has 1 saturated carbocycles. The molecular formula is C17H17N7O2. The van der Waals surface area contributed by atoms with Gasteiger partial charge in [-0.05, 0) is 44.4 Å². The van der Waals surface area contributed by atoms with Crippen LogP contribution in [0.4, 0.5) is 11.9 Å². The van der Waals surface area contributed by atoms with Crippen molar-refractivity contribution in [1.82, 2.24) is 25.2 Å². The second kappa shape index (κ2) is 4.90. The summed E-state index contributed by atoms with van der Waals surface area (Å²) in [6.45, 7) is 3.85. The molecule has 3 aliphatic heterocycles. The molecule has 9 heteroatoms. The van der Waals surface area contributed by atoms with Gasteiger partial charge in [0.15, 0.2) is 0 Å². The molecule has 1 aliphatic carbocycles. The van der Waals surface area contributed by atoms with E-state index in [0.29, 0.717) is 11.6 Å². The molecule has 1 aromatic rings. The minimum atomic E-state index is -0.479. The van der Waals surface area contributed by atoms with E-state index in [-0.39, 0.29) is 23.7 Å². The van der Waals surface area contributed by atoms with Crippen LogP contribution in [0.1, 0.15) is 26.7 Å². The van der Waals surface area contributed by atoms with E-state index in [1.54, 1.807) is 0 Å². The van der Waals surface area contributed by atoms with E-state index in [2.05, 4.69) is 30.9 Å². The zero-order valence-electron chi connectivity index (χ0n) is 14.3. The molecule has 1 atom stereocenters. The zero-order valence-corrected chi connectivity index (χ0v) is 14.3. The molecular weight excluding hydrogens is 334 g/mol. The van der Waals surface area contributed by atoms with Gasteiger partial charge in [0.2, 0.25) is 17.8 Å². The quantitative estimate of drug-likeness (QED) is 0.737. The molecule has 4 heterocycles. The normalized spacial score (nSPS) is 25.8. The van der Waals surface area contributed by atoms with Crippen molar-refractivity contribution < 1.29 is 9.59 Å². The molecule has 3 N–H and O–H groups in total. The molecule has 9 nitrogen and oxygen atoms in total. The SMILES string of the molecule is CC1=C2C(=O)NC3(C)C=C(C(Nc4ncnc(NC(=O)C5CC5)n4)=C1)N23. The molecule has 0 bridgehead atoms. The van der Waals surface area contributed by atoms with Crippen molar-refractivity contribution in [3.8, 4) is 0 Å². The number of nitrogens with one attached hydrogen (secondary N) is 3. The number of rotatable bonds is 4. The van der Waals surface area contributed by atoms with E-state index in [4.69, 9.17) is 0 Å². The van der Waals surface area contributed by atoms with E-state index in [1.807, 2.05) is 30.9 Å². The van der Waals surface area contributed by atoms with Crippen molar-refractivity contribution in [1.29, 1.82) is 0 Å². The summed E-state index contributed by atoms with van der Waals surface area (Å²) >= 11 is 0. The largest absolute Gasteiger partial charge is 0.324 e. The standard InChI is InChI=1S/C17H17N7O2/c1-8-5-10(11-6-17(2)23-14(26)12(8)24(11)17)20-15-18-7-19-16(22-15)21-13(25)9-3-4-9/h5-7,9H,3-4H2,1-2H3,(H,23,26)(H2,18,19,20,21,22,25). The third-order valence-electron chi connectivity index (χ3n) is 4.94. The number of hydrogen-bond donors (Lipinski definition) is 3. The average molecular weight is 351 g/mol. The average Bonchev–Trinajstić information content (AvgIpc) is 3.38. The maximum Gasteiger partial charge on any atom is 0.270 e. The van der Waals surface area contributed by atoms with Gasteiger partial charge in [0.05, 0.1) is 11.4 Å². The lowest BCUT2D eigenvalue weighted by molar-refractivity contribution is -0.118. The molecule has 2 amide bonds. The number of allylic oxidation sites excluding steroid dienone is 2. The summed E-state index contributed by atoms with van der Waals surface area (Å²) in [5.41, 5.74) is 2.75. The lowest BCUT2D eigenvalue weighted by Gasteiger charge is -2.46. The summed E-state index contributed by atoms with van der Waals surface area (Å²) < 4.78 is 0. The number of aromatic nitrogens is 3. The summed E-state index contributed by atoms with van der Waals surface area (Å²) in [7, 11) is 0. The van der Waals surface area contributed by atoms with Crippen LogP contribution < -0.4 is 16.0 Å². The second-order valence-corrected chi connectivity index (χ2v) is 7.08. The van der Waals surface area contributed by atoms with Crippen molar-refractivity contribution in [2.24, 2.45) is 5.92 Å². The number of anilines is 2. The number of carbonyl (C=O) groups is 2. The summed E-state index contributed by atoms with van der Waals surface area (Å²) in [5.74, 6) is 0.516. The number of nitrogens with zero attached hydrogens (tertiary/aromatic N) is 4. The fraction of sp³-hybridized carbons (Fsp3) is 0.353. The van der Waals surface area contributed by atoms with Crippen LogP contribution in [-0.2, 0) is 9.59 Å². The van der Waals surface area contributed by atoms with Crippen LogP contribution >= 0.6 is 0 Å². The van der Waals surface area contributed by atoms with Crippen LogP contribution in [0, 0.1) is 5.92 Å². The Morgan fingerprint density at radius 1 is 1.35 bits per heavy atom. The molecule has 132 valence electrons. The molecule has 5 rings (SSSR count). The van der Waals surface area contributed by atoms with Crippen LogP contribution in [-0.4, -0.2) is 37.3 Å². The highest BCUT2D eigenvalue weighted by molar-refractivity contribution is 6.00. The van der Waals surface area contributed by atoms with Gasteiger partial charge in [-0.3, -0.25) is 14.9 Å². The van der Waals surface area contributed by atoms with Crippen LogP contribution in [0.5, 0.6) is 0 Å². The van der Waals surface area contributed by atoms with Gasteiger partial charge in [-0.1, -0.05) is 0 Å². The highest BCUT2D eigenvalue weighted by atomic mass is 16.2. The molecule has 0 spiro atoms. The first kappa shape index (κ1) is 15.1. The fourth-order valence-corrected chi connectivity index (χ4v) is 3.52. The summed E-state index contributed by atoms with van der Waals surface area (Å²) in [6, 6.07) is 0. The Morgan fingerprint density at radius 3 is 2.88 bits per heavy atom. The lowest BCUT2D eigenvalue weighted by atomic mass is 9.93. The highest BCUT2D eigenvalue weighted by Crippen LogP contribution is 2.46. The first-order chi connectivity index (χ1) is 12.4. The van der Waals surface area contributed by atoms with Crippen molar-refractivity contribution in [2.45, 2.75) is 32.4 Å². The van der Waals surface area contributed by atoms with E-state index >= 15 is 0 Å². The summed E-state index contributed by atoms with van der Waals surface area (Å²) in [4.78, 5) is 38.4. The molecule has 0 radical (unpaired) electrons. The predicted molar refractivity (Wildman–Crippen MR) is 92.1 cm³/mol. The van der Waals surface area contributed by atoms with Crippen molar-refractivity contribution in [3.63, 3.8) is 0 Å². The van der Waals surface area contributed by atoms with Gasteiger partial charge in [-0.2, -0.15) is 4.98 Å². The zero-order chi connectivity index (χ0) is 18.1. The Morgan fingerprint density at radius 2 is 2.12 bits per heavy atom. The third-order valence-corrected chi connectivity index (χ3v) is 4.94. The van der Waals surface area contributed by atoms with Gasteiger partial charge in [-0.25, -0.2) is 9.97 Å². The Hall–Kier alpha value is -3.23. The Kier molecular flexibility index (Phi) is 2.84. The Balaban J connectivity index is 1.41. The highest BCUT2D eigenvalue weighted by Gasteiger charge is 2.53. The molecule has 26 heavy (non-hydrogen) atoms. The molecule has 1 aromatic heterocycles. The lowest BCUT2D eigenvalue weighted by Crippen LogP contribution is -2.55. The molecule has 1 unspecified atom stereocenters. The fourth-order valence-electron chi connectivity index (χ4n) is 3.52. The van der Waals surface area contributed by atoms with Crippen LogP contribution in [0.25, 0.3) is 0 Å². The number of hydrogen-bond acceptors (Lipinski definition) is 7. The van der Waals surface area contributed by atoms with Crippen molar-refractivity contribution in [3.05, 3.63) is 41.1 Å². The minimum Gasteiger partial charge on any atom is -0.324 e. The van der Waals surface area contributed by atoms with Crippen LogP contribution in [0.2, 0.25) is 0 Å². The van der Waals surface area contributed by atoms with E-state index in [1.165, 1.54) is 6.33 Å². The minimum absolute atomic E-state index is 0.0541.